The summed E-state index contributed by atoms with van der Waals surface area (Å²) in [6.45, 7) is 4.11. The summed E-state index contributed by atoms with van der Waals surface area (Å²) in [6, 6.07) is 4.72. The van der Waals surface area contributed by atoms with Gasteiger partial charge in [0.25, 0.3) is 0 Å². The third kappa shape index (κ3) is 2.92. The molecule has 0 heterocycles. The molecule has 1 rings (SSSR count). The third-order valence-electron chi connectivity index (χ3n) is 3.30. The van der Waals surface area contributed by atoms with Crippen molar-refractivity contribution in [2.24, 2.45) is 0 Å². The van der Waals surface area contributed by atoms with E-state index in [9.17, 15) is 0 Å². The van der Waals surface area contributed by atoms with Gasteiger partial charge < -0.3 is 18.0 Å². The maximum absolute atomic E-state index is 5.49. The maximum Gasteiger partial charge on any atom is 0.504 e. The first-order chi connectivity index (χ1) is 8.53. The van der Waals surface area contributed by atoms with Crippen molar-refractivity contribution in [3.05, 3.63) is 28.8 Å². The number of rotatable bonds is 6. The number of aryl methyl sites for hydroxylation is 1. The third-order valence-corrected chi connectivity index (χ3v) is 5.98. The molecule has 0 aliphatic heterocycles. The molecule has 0 radical (unpaired) electrons. The van der Waals surface area contributed by atoms with E-state index < -0.39 is 8.80 Å². The zero-order valence-corrected chi connectivity index (χ0v) is 13.0. The van der Waals surface area contributed by atoms with Crippen LogP contribution in [0, 0.1) is 13.8 Å². The predicted molar refractivity (Wildman–Crippen MR) is 73.0 cm³/mol. The van der Waals surface area contributed by atoms with Gasteiger partial charge in [0.15, 0.2) is 0 Å². The smallest absolute Gasteiger partial charge is 0.496 e. The van der Waals surface area contributed by atoms with Crippen molar-refractivity contribution in [3.63, 3.8) is 0 Å². The standard InChI is InChI=1S/C13H22O4Si/c1-10-7-8-12(13(14-3)11(10)2)9-18(15-4,16-5)17-6/h7-8H,9H2,1-6H3. The highest BCUT2D eigenvalue weighted by Gasteiger charge is 2.39. The van der Waals surface area contributed by atoms with Gasteiger partial charge in [0.2, 0.25) is 0 Å². The molecular weight excluding hydrogens is 248 g/mol. The molecule has 1 aromatic rings. The Morgan fingerprint density at radius 1 is 0.944 bits per heavy atom. The minimum absolute atomic E-state index is 0.598. The summed E-state index contributed by atoms with van der Waals surface area (Å²) in [4.78, 5) is 0. The van der Waals surface area contributed by atoms with Crippen LogP contribution in [0.3, 0.4) is 0 Å². The Labute approximate surface area is 110 Å². The monoisotopic (exact) mass is 270 g/mol. The lowest BCUT2D eigenvalue weighted by Crippen LogP contribution is -2.45. The molecule has 0 unspecified atom stereocenters. The van der Waals surface area contributed by atoms with Crippen LogP contribution in [0.5, 0.6) is 5.75 Å². The van der Waals surface area contributed by atoms with Crippen molar-refractivity contribution in [1.82, 2.24) is 0 Å². The fourth-order valence-electron chi connectivity index (χ4n) is 1.97. The molecule has 0 aliphatic carbocycles. The van der Waals surface area contributed by atoms with Gasteiger partial charge in [-0.2, -0.15) is 0 Å². The molecule has 5 heteroatoms. The zero-order chi connectivity index (χ0) is 13.8. The lowest BCUT2D eigenvalue weighted by Gasteiger charge is -2.25. The van der Waals surface area contributed by atoms with Gasteiger partial charge in [0, 0.05) is 27.4 Å². The summed E-state index contributed by atoms with van der Waals surface area (Å²) in [5, 5.41) is 0. The number of benzene rings is 1. The van der Waals surface area contributed by atoms with Gasteiger partial charge in [0.05, 0.1) is 7.11 Å². The number of ether oxygens (including phenoxy) is 1. The fraction of sp³-hybridized carbons (Fsp3) is 0.538. The summed E-state index contributed by atoms with van der Waals surface area (Å²) >= 11 is 0. The average Bonchev–Trinajstić information content (AvgIpc) is 2.40. The fourth-order valence-corrected chi connectivity index (χ4v) is 3.65. The molecule has 0 saturated carbocycles. The Hall–Kier alpha value is -0.883. The van der Waals surface area contributed by atoms with E-state index in [1.165, 1.54) is 5.56 Å². The predicted octanol–water partition coefficient (Wildman–Crippen LogP) is 2.27. The number of methoxy groups -OCH3 is 1. The molecule has 0 aliphatic rings. The van der Waals surface area contributed by atoms with E-state index in [2.05, 4.69) is 13.0 Å². The topological polar surface area (TPSA) is 36.9 Å². The Balaban J connectivity index is 3.14. The molecule has 1 aromatic carbocycles. The second-order valence-corrected chi connectivity index (χ2v) is 7.12. The molecule has 18 heavy (non-hydrogen) atoms. The van der Waals surface area contributed by atoms with E-state index in [1.54, 1.807) is 28.4 Å². The van der Waals surface area contributed by atoms with E-state index >= 15 is 0 Å². The van der Waals surface area contributed by atoms with Crippen LogP contribution in [0.15, 0.2) is 12.1 Å². The zero-order valence-electron chi connectivity index (χ0n) is 12.0. The molecule has 4 nitrogen and oxygen atoms in total. The molecule has 0 N–H and O–H groups in total. The molecule has 0 aromatic heterocycles. The Bertz CT molecular complexity index is 394. The van der Waals surface area contributed by atoms with Crippen molar-refractivity contribution in [3.8, 4) is 5.75 Å². The molecule has 0 fully saturated rings. The van der Waals surface area contributed by atoms with Crippen LogP contribution in [0.1, 0.15) is 16.7 Å². The maximum atomic E-state index is 5.49. The van der Waals surface area contributed by atoms with E-state index in [0.717, 1.165) is 16.9 Å². The van der Waals surface area contributed by atoms with Gasteiger partial charge in [-0.15, -0.1) is 0 Å². The summed E-state index contributed by atoms with van der Waals surface area (Å²) < 4.78 is 21.8. The lowest BCUT2D eigenvalue weighted by atomic mass is 10.1. The van der Waals surface area contributed by atoms with Crippen molar-refractivity contribution in [2.75, 3.05) is 28.4 Å². The van der Waals surface area contributed by atoms with E-state index in [0.29, 0.717) is 6.04 Å². The Morgan fingerprint density at radius 2 is 1.50 bits per heavy atom. The van der Waals surface area contributed by atoms with Crippen molar-refractivity contribution < 1.29 is 18.0 Å². The van der Waals surface area contributed by atoms with Crippen LogP contribution >= 0.6 is 0 Å². The molecule has 0 bridgehead atoms. The summed E-state index contributed by atoms with van der Waals surface area (Å²) in [5.74, 6) is 0.887. The molecule has 0 amide bonds. The molecule has 0 spiro atoms. The second kappa shape index (κ2) is 6.33. The van der Waals surface area contributed by atoms with Crippen LogP contribution < -0.4 is 4.74 Å². The van der Waals surface area contributed by atoms with Gasteiger partial charge in [-0.3, -0.25) is 0 Å². The average molecular weight is 270 g/mol. The minimum atomic E-state index is -2.63. The van der Waals surface area contributed by atoms with Gasteiger partial charge in [0.1, 0.15) is 5.75 Å². The van der Waals surface area contributed by atoms with Crippen molar-refractivity contribution >= 4 is 8.80 Å². The van der Waals surface area contributed by atoms with E-state index in [1.807, 2.05) is 13.0 Å². The molecule has 102 valence electrons. The van der Waals surface area contributed by atoms with Crippen LogP contribution in [-0.4, -0.2) is 37.2 Å². The minimum Gasteiger partial charge on any atom is -0.496 e. The van der Waals surface area contributed by atoms with Gasteiger partial charge in [-0.1, -0.05) is 12.1 Å². The highest BCUT2D eigenvalue weighted by molar-refractivity contribution is 6.60. The van der Waals surface area contributed by atoms with Crippen molar-refractivity contribution in [2.45, 2.75) is 19.9 Å². The normalized spacial score (nSPS) is 11.7. The largest absolute Gasteiger partial charge is 0.504 e. The number of hydrogen-bond acceptors (Lipinski definition) is 4. The van der Waals surface area contributed by atoms with Crippen LogP contribution in [0.2, 0.25) is 0 Å². The van der Waals surface area contributed by atoms with Crippen LogP contribution in [0.25, 0.3) is 0 Å². The summed E-state index contributed by atoms with van der Waals surface area (Å²) in [7, 11) is 3.91. The molecule has 0 atom stereocenters. The highest BCUT2D eigenvalue weighted by Crippen LogP contribution is 2.29. The SMILES string of the molecule is COc1c(C[Si](OC)(OC)OC)ccc(C)c1C. The van der Waals surface area contributed by atoms with Gasteiger partial charge in [-0.25, -0.2) is 0 Å². The number of hydrogen-bond donors (Lipinski definition) is 0. The Kier molecular flexibility index (Phi) is 5.34. The van der Waals surface area contributed by atoms with Crippen LogP contribution in [-0.2, 0) is 19.3 Å². The van der Waals surface area contributed by atoms with Gasteiger partial charge in [-0.05, 0) is 30.5 Å². The van der Waals surface area contributed by atoms with E-state index in [-0.39, 0.29) is 0 Å². The quantitative estimate of drug-likeness (QED) is 0.743. The first kappa shape index (κ1) is 15.2. The summed E-state index contributed by atoms with van der Waals surface area (Å²) in [5.41, 5.74) is 3.40. The second-order valence-electron chi connectivity index (χ2n) is 4.17. The Morgan fingerprint density at radius 3 is 1.94 bits per heavy atom. The molecular formula is C13H22O4Si. The van der Waals surface area contributed by atoms with Gasteiger partial charge >= 0.3 is 8.80 Å². The summed E-state index contributed by atoms with van der Waals surface area (Å²) in [6.07, 6.45) is 0. The van der Waals surface area contributed by atoms with Crippen molar-refractivity contribution in [1.29, 1.82) is 0 Å². The van der Waals surface area contributed by atoms with E-state index in [4.69, 9.17) is 18.0 Å². The lowest BCUT2D eigenvalue weighted by molar-refractivity contribution is 0.122. The first-order valence-electron chi connectivity index (χ1n) is 5.82. The highest BCUT2D eigenvalue weighted by atomic mass is 28.4. The van der Waals surface area contributed by atoms with Crippen LogP contribution in [0.4, 0.5) is 0 Å². The molecule has 0 saturated heterocycles. The first-order valence-corrected chi connectivity index (χ1v) is 7.75.